The molecule has 0 heterocycles. The van der Waals surface area contributed by atoms with Crippen molar-refractivity contribution >= 4 is 23.8 Å². The highest BCUT2D eigenvalue weighted by Crippen LogP contribution is 2.27. The van der Waals surface area contributed by atoms with Gasteiger partial charge >= 0.3 is 6.18 Å². The Balaban J connectivity index is 3.10. The zero-order valence-corrected chi connectivity index (χ0v) is 16.2. The number of benzene rings is 1. The summed E-state index contributed by atoms with van der Waals surface area (Å²) >= 11 is 0. The molecular formula is C18H23F3N2O5. The first kappa shape index (κ1) is 23.4. The molecule has 0 spiro atoms. The third-order valence-electron chi connectivity index (χ3n) is 3.42. The molecule has 0 aliphatic carbocycles. The summed E-state index contributed by atoms with van der Waals surface area (Å²) in [5.41, 5.74) is -0.306. The molecule has 156 valence electrons. The Morgan fingerprint density at radius 3 is 2.29 bits per heavy atom. The van der Waals surface area contributed by atoms with Gasteiger partial charge in [-0.25, -0.2) is 5.06 Å². The van der Waals surface area contributed by atoms with Gasteiger partial charge in [0.25, 0.3) is 5.91 Å². The Hall–Kier alpha value is -2.62. The zero-order chi connectivity index (χ0) is 21.7. The minimum Gasteiger partial charge on any atom is -0.497 e. The molecular weight excluding hydrogens is 381 g/mol. The monoisotopic (exact) mass is 404 g/mol. The summed E-state index contributed by atoms with van der Waals surface area (Å²) in [4.78, 5) is 41.1. The third-order valence-corrected chi connectivity index (χ3v) is 3.42. The fourth-order valence-electron chi connectivity index (χ4n) is 2.23. The van der Waals surface area contributed by atoms with Crippen LogP contribution in [0.4, 0.5) is 18.9 Å². The predicted octanol–water partition coefficient (Wildman–Crippen LogP) is 3.02. The molecule has 0 aliphatic heterocycles. The van der Waals surface area contributed by atoms with E-state index in [1.54, 1.807) is 13.0 Å². The minimum atomic E-state index is -4.81. The predicted molar refractivity (Wildman–Crippen MR) is 94.6 cm³/mol. The summed E-state index contributed by atoms with van der Waals surface area (Å²) < 4.78 is 43.8. The lowest BCUT2D eigenvalue weighted by atomic mass is 10.1. The van der Waals surface area contributed by atoms with E-state index < -0.39 is 35.9 Å². The molecule has 1 aromatic carbocycles. The van der Waals surface area contributed by atoms with Crippen LogP contribution in [0.1, 0.15) is 32.8 Å². The Morgan fingerprint density at radius 1 is 1.25 bits per heavy atom. The zero-order valence-electron chi connectivity index (χ0n) is 16.2. The molecule has 2 amide bonds. The number of ketones is 1. The van der Waals surface area contributed by atoms with Gasteiger partial charge in [-0.2, -0.15) is 13.2 Å². The molecule has 1 N–H and O–H groups in total. The van der Waals surface area contributed by atoms with Crippen LogP contribution in [0.2, 0.25) is 0 Å². The van der Waals surface area contributed by atoms with E-state index in [0.717, 1.165) is 0 Å². The normalized spacial score (nSPS) is 12.9. The molecule has 7 nitrogen and oxygen atoms in total. The minimum absolute atomic E-state index is 0.0501. The van der Waals surface area contributed by atoms with E-state index in [9.17, 15) is 27.6 Å². The number of hydrogen-bond donors (Lipinski definition) is 1. The molecule has 0 aromatic heterocycles. The van der Waals surface area contributed by atoms with Crippen LogP contribution in [0.3, 0.4) is 0 Å². The Bertz CT molecular complexity index is 729. The number of hydroxylamine groups is 2. The van der Waals surface area contributed by atoms with Crippen LogP contribution in [-0.2, 0) is 19.2 Å². The van der Waals surface area contributed by atoms with Gasteiger partial charge < -0.3 is 10.1 Å². The van der Waals surface area contributed by atoms with Gasteiger partial charge in [-0.1, -0.05) is 0 Å². The van der Waals surface area contributed by atoms with Gasteiger partial charge in [-0.15, -0.1) is 0 Å². The fraction of sp³-hybridized carbons (Fsp3) is 0.500. The largest absolute Gasteiger partial charge is 0.497 e. The SMILES string of the molecule is COc1ccc(NC(=O)C(=O)[C@H](CC(F)(F)F)N(C=O)OC(C)(C)C)c(C)c1. The van der Waals surface area contributed by atoms with E-state index in [0.29, 0.717) is 11.3 Å². The summed E-state index contributed by atoms with van der Waals surface area (Å²) in [6.45, 7) is 6.08. The van der Waals surface area contributed by atoms with Crippen LogP contribution < -0.4 is 10.1 Å². The summed E-state index contributed by atoms with van der Waals surface area (Å²) in [6, 6.07) is 2.38. The number of alkyl halides is 3. The molecule has 1 rings (SSSR count). The number of rotatable bonds is 8. The summed E-state index contributed by atoms with van der Waals surface area (Å²) in [5.74, 6) is -2.25. The number of Topliss-reactive ketones (excluding diaryl/α,β-unsaturated/α-hetero) is 1. The number of hydrogen-bond acceptors (Lipinski definition) is 5. The van der Waals surface area contributed by atoms with E-state index in [-0.39, 0.29) is 17.2 Å². The van der Waals surface area contributed by atoms with E-state index in [4.69, 9.17) is 9.57 Å². The van der Waals surface area contributed by atoms with Crippen molar-refractivity contribution in [1.29, 1.82) is 0 Å². The molecule has 1 atom stereocenters. The highest BCUT2D eigenvalue weighted by atomic mass is 19.4. The topological polar surface area (TPSA) is 84.9 Å². The average Bonchev–Trinajstić information content (AvgIpc) is 2.57. The number of anilines is 1. The number of halogens is 3. The maximum atomic E-state index is 12.9. The number of nitrogens with zero attached hydrogens (tertiary/aromatic N) is 1. The molecule has 0 bridgehead atoms. The second-order valence-corrected chi connectivity index (χ2v) is 7.00. The van der Waals surface area contributed by atoms with Crippen molar-refractivity contribution in [1.82, 2.24) is 5.06 Å². The Labute approximate surface area is 160 Å². The number of nitrogens with one attached hydrogen (secondary N) is 1. The maximum Gasteiger partial charge on any atom is 0.391 e. The molecule has 0 aliphatic rings. The van der Waals surface area contributed by atoms with Crippen LogP contribution in [0.5, 0.6) is 5.75 Å². The van der Waals surface area contributed by atoms with E-state index in [2.05, 4.69) is 5.32 Å². The van der Waals surface area contributed by atoms with Gasteiger partial charge in [0.2, 0.25) is 12.2 Å². The first-order valence-electron chi connectivity index (χ1n) is 8.26. The van der Waals surface area contributed by atoms with Gasteiger partial charge in [-0.3, -0.25) is 19.2 Å². The van der Waals surface area contributed by atoms with Crippen LogP contribution in [0.25, 0.3) is 0 Å². The highest BCUT2D eigenvalue weighted by Gasteiger charge is 2.42. The van der Waals surface area contributed by atoms with E-state index >= 15 is 0 Å². The van der Waals surface area contributed by atoms with E-state index in [1.807, 2.05) is 0 Å². The lowest BCUT2D eigenvalue weighted by molar-refractivity contribution is -0.244. The highest BCUT2D eigenvalue weighted by molar-refractivity contribution is 6.42. The first-order chi connectivity index (χ1) is 12.8. The molecule has 1 aromatic rings. The molecule has 28 heavy (non-hydrogen) atoms. The molecule has 0 radical (unpaired) electrons. The van der Waals surface area contributed by atoms with Gasteiger partial charge in [0.1, 0.15) is 11.8 Å². The lowest BCUT2D eigenvalue weighted by Crippen LogP contribution is -2.50. The average molecular weight is 404 g/mol. The van der Waals surface area contributed by atoms with Crippen LogP contribution in [0, 0.1) is 6.92 Å². The number of carbonyl (C=O) groups is 3. The van der Waals surface area contributed by atoms with Crippen molar-refractivity contribution in [3.05, 3.63) is 23.8 Å². The number of aryl methyl sites for hydroxylation is 1. The molecule has 0 saturated heterocycles. The summed E-state index contributed by atoms with van der Waals surface area (Å²) in [6.07, 6.45) is -6.58. The van der Waals surface area contributed by atoms with Crippen molar-refractivity contribution in [3.8, 4) is 5.75 Å². The standard InChI is InChI=1S/C18H23F3N2O5/c1-11-8-12(27-5)6-7-13(11)22-16(26)15(25)14(9-18(19,20)21)23(10-24)28-17(2,3)4/h6-8,10,14H,9H2,1-5H3,(H,22,26)/t14-/m0/s1. The second kappa shape index (κ2) is 9.05. The van der Waals surface area contributed by atoms with Gasteiger partial charge in [0.15, 0.2) is 0 Å². The third kappa shape index (κ3) is 7.18. The number of amides is 2. The van der Waals surface area contributed by atoms with Crippen LogP contribution in [0.15, 0.2) is 18.2 Å². The number of carbonyl (C=O) groups excluding carboxylic acids is 3. The summed E-state index contributed by atoms with van der Waals surface area (Å²) in [5, 5.41) is 2.49. The number of methoxy groups -OCH3 is 1. The van der Waals surface area contributed by atoms with Crippen LogP contribution >= 0.6 is 0 Å². The van der Waals surface area contributed by atoms with E-state index in [1.165, 1.54) is 40.0 Å². The smallest absolute Gasteiger partial charge is 0.391 e. The van der Waals surface area contributed by atoms with Crippen molar-refractivity contribution < 1.29 is 37.1 Å². The lowest BCUT2D eigenvalue weighted by Gasteiger charge is -2.32. The van der Waals surface area contributed by atoms with Crippen molar-refractivity contribution in [2.75, 3.05) is 12.4 Å². The fourth-order valence-corrected chi connectivity index (χ4v) is 2.23. The van der Waals surface area contributed by atoms with Gasteiger partial charge in [0.05, 0.1) is 19.1 Å². The van der Waals surface area contributed by atoms with Gasteiger partial charge in [0, 0.05) is 5.69 Å². The molecule has 0 fully saturated rings. The Morgan fingerprint density at radius 2 is 1.86 bits per heavy atom. The van der Waals surface area contributed by atoms with Gasteiger partial charge in [-0.05, 0) is 51.5 Å². The molecule has 0 saturated carbocycles. The second-order valence-electron chi connectivity index (χ2n) is 7.00. The quantitative estimate of drug-likeness (QED) is 0.409. The van der Waals surface area contributed by atoms with Crippen molar-refractivity contribution in [3.63, 3.8) is 0 Å². The first-order valence-corrected chi connectivity index (χ1v) is 8.26. The number of ether oxygens (including phenoxy) is 1. The van der Waals surface area contributed by atoms with Crippen LogP contribution in [-0.4, -0.2) is 48.1 Å². The Kier molecular flexibility index (Phi) is 7.57. The maximum absolute atomic E-state index is 12.9. The molecule has 10 heteroatoms. The summed E-state index contributed by atoms with van der Waals surface area (Å²) in [7, 11) is 1.45. The molecule has 0 unspecified atom stereocenters. The van der Waals surface area contributed by atoms with Crippen molar-refractivity contribution in [2.24, 2.45) is 0 Å². The van der Waals surface area contributed by atoms with Crippen molar-refractivity contribution in [2.45, 2.75) is 51.9 Å².